The molecular formula is C13H20N2O3. The van der Waals surface area contributed by atoms with Gasteiger partial charge in [0.25, 0.3) is 5.91 Å². The maximum atomic E-state index is 11.3. The first kappa shape index (κ1) is 14.6. The van der Waals surface area contributed by atoms with E-state index in [9.17, 15) is 4.79 Å². The second kappa shape index (κ2) is 7.81. The number of hydrazine groups is 1. The molecule has 0 aromatic heterocycles. The summed E-state index contributed by atoms with van der Waals surface area (Å²) in [5.74, 6) is 4.78. The molecule has 1 aromatic carbocycles. The van der Waals surface area contributed by atoms with Crippen LogP contribution in [0.25, 0.3) is 0 Å². The number of carbonyl (C=O) groups excluding carboxylic acids is 1. The van der Waals surface area contributed by atoms with Gasteiger partial charge in [-0.25, -0.2) is 5.84 Å². The molecule has 0 saturated carbocycles. The van der Waals surface area contributed by atoms with Crippen LogP contribution in [0.3, 0.4) is 0 Å². The predicted octanol–water partition coefficient (Wildman–Crippen LogP) is 1.23. The standard InChI is InChI=1S/C13H20N2O3/c1-3-17-8-10(2)18-9-11-5-4-6-12(7-11)13(16)15-14/h4-7,10H,3,8-9,14H2,1-2H3,(H,15,16). The predicted molar refractivity (Wildman–Crippen MR) is 68.8 cm³/mol. The van der Waals surface area contributed by atoms with E-state index in [-0.39, 0.29) is 12.0 Å². The smallest absolute Gasteiger partial charge is 0.265 e. The number of rotatable bonds is 7. The van der Waals surface area contributed by atoms with Gasteiger partial charge in [0.1, 0.15) is 0 Å². The van der Waals surface area contributed by atoms with Crippen molar-refractivity contribution in [3.63, 3.8) is 0 Å². The van der Waals surface area contributed by atoms with Crippen LogP contribution in [0.5, 0.6) is 0 Å². The van der Waals surface area contributed by atoms with Crippen LogP contribution in [-0.4, -0.2) is 25.2 Å². The largest absolute Gasteiger partial charge is 0.379 e. The van der Waals surface area contributed by atoms with Gasteiger partial charge in [-0.3, -0.25) is 10.2 Å². The molecule has 1 atom stereocenters. The van der Waals surface area contributed by atoms with E-state index in [0.717, 1.165) is 5.56 Å². The number of amides is 1. The minimum atomic E-state index is -0.306. The highest BCUT2D eigenvalue weighted by molar-refractivity contribution is 5.93. The molecule has 1 aromatic rings. The summed E-state index contributed by atoms with van der Waals surface area (Å²) in [5, 5.41) is 0. The Bertz CT molecular complexity index is 382. The van der Waals surface area contributed by atoms with Gasteiger partial charge in [-0.2, -0.15) is 0 Å². The van der Waals surface area contributed by atoms with Gasteiger partial charge in [-0.05, 0) is 31.5 Å². The van der Waals surface area contributed by atoms with Crippen LogP contribution in [0.2, 0.25) is 0 Å². The summed E-state index contributed by atoms with van der Waals surface area (Å²) in [5.41, 5.74) is 3.56. The number of hydrogen-bond donors (Lipinski definition) is 2. The number of benzene rings is 1. The number of nitrogens with one attached hydrogen (secondary N) is 1. The molecule has 0 fully saturated rings. The quantitative estimate of drug-likeness (QED) is 0.435. The van der Waals surface area contributed by atoms with E-state index in [1.807, 2.05) is 19.9 Å². The summed E-state index contributed by atoms with van der Waals surface area (Å²) in [7, 11) is 0. The highest BCUT2D eigenvalue weighted by Crippen LogP contribution is 2.08. The summed E-state index contributed by atoms with van der Waals surface area (Å²) < 4.78 is 10.9. The lowest BCUT2D eigenvalue weighted by molar-refractivity contribution is -0.0116. The first-order valence-electron chi connectivity index (χ1n) is 5.96. The lowest BCUT2D eigenvalue weighted by Gasteiger charge is -2.13. The molecular weight excluding hydrogens is 232 g/mol. The maximum absolute atomic E-state index is 11.3. The Morgan fingerprint density at radius 2 is 2.28 bits per heavy atom. The SMILES string of the molecule is CCOCC(C)OCc1cccc(C(=O)NN)c1. The normalized spacial score (nSPS) is 12.2. The minimum absolute atomic E-state index is 0.0249. The van der Waals surface area contributed by atoms with Crippen molar-refractivity contribution in [2.75, 3.05) is 13.2 Å². The average Bonchev–Trinajstić information content (AvgIpc) is 2.42. The van der Waals surface area contributed by atoms with Crippen LogP contribution in [0, 0.1) is 0 Å². The minimum Gasteiger partial charge on any atom is -0.379 e. The molecule has 1 amide bonds. The summed E-state index contributed by atoms with van der Waals surface area (Å²) in [6.45, 7) is 5.59. The third-order valence-electron chi connectivity index (χ3n) is 2.41. The fourth-order valence-electron chi connectivity index (χ4n) is 1.46. The molecule has 0 bridgehead atoms. The lowest BCUT2D eigenvalue weighted by atomic mass is 10.1. The maximum Gasteiger partial charge on any atom is 0.265 e. The Kier molecular flexibility index (Phi) is 6.35. The van der Waals surface area contributed by atoms with Crippen LogP contribution < -0.4 is 11.3 Å². The Labute approximate surface area is 107 Å². The molecule has 0 aliphatic carbocycles. The second-order valence-corrected chi connectivity index (χ2v) is 3.95. The zero-order valence-electron chi connectivity index (χ0n) is 10.8. The van der Waals surface area contributed by atoms with E-state index in [1.165, 1.54) is 0 Å². The molecule has 0 spiro atoms. The van der Waals surface area contributed by atoms with Crippen LogP contribution >= 0.6 is 0 Å². The Balaban J connectivity index is 2.49. The van der Waals surface area contributed by atoms with Crippen molar-refractivity contribution in [3.8, 4) is 0 Å². The molecule has 5 heteroatoms. The van der Waals surface area contributed by atoms with E-state index in [1.54, 1.807) is 18.2 Å². The van der Waals surface area contributed by atoms with Gasteiger partial charge < -0.3 is 9.47 Å². The number of hydrogen-bond acceptors (Lipinski definition) is 4. The Morgan fingerprint density at radius 3 is 2.94 bits per heavy atom. The van der Waals surface area contributed by atoms with Gasteiger partial charge >= 0.3 is 0 Å². The molecule has 0 aliphatic rings. The molecule has 100 valence electrons. The molecule has 0 saturated heterocycles. The first-order valence-corrected chi connectivity index (χ1v) is 5.96. The molecule has 1 unspecified atom stereocenters. The number of ether oxygens (including phenoxy) is 2. The van der Waals surface area contributed by atoms with Crippen molar-refractivity contribution < 1.29 is 14.3 Å². The topological polar surface area (TPSA) is 73.6 Å². The van der Waals surface area contributed by atoms with Crippen molar-refractivity contribution in [1.82, 2.24) is 5.43 Å². The van der Waals surface area contributed by atoms with Crippen molar-refractivity contribution in [2.24, 2.45) is 5.84 Å². The Hall–Kier alpha value is -1.43. The lowest BCUT2D eigenvalue weighted by Crippen LogP contribution is -2.30. The molecule has 3 N–H and O–H groups in total. The molecule has 18 heavy (non-hydrogen) atoms. The number of nitrogen functional groups attached to an aromatic ring is 1. The first-order chi connectivity index (χ1) is 8.67. The van der Waals surface area contributed by atoms with Gasteiger partial charge in [0.2, 0.25) is 0 Å². The van der Waals surface area contributed by atoms with Crippen LogP contribution in [0.4, 0.5) is 0 Å². The summed E-state index contributed by atoms with van der Waals surface area (Å²) in [6.07, 6.45) is 0.0249. The summed E-state index contributed by atoms with van der Waals surface area (Å²) in [6, 6.07) is 7.17. The monoisotopic (exact) mass is 252 g/mol. The van der Waals surface area contributed by atoms with E-state index in [0.29, 0.717) is 25.4 Å². The van der Waals surface area contributed by atoms with E-state index < -0.39 is 0 Å². The van der Waals surface area contributed by atoms with E-state index >= 15 is 0 Å². The molecule has 0 radical (unpaired) electrons. The number of nitrogens with two attached hydrogens (primary N) is 1. The van der Waals surface area contributed by atoms with E-state index in [4.69, 9.17) is 15.3 Å². The zero-order chi connectivity index (χ0) is 13.4. The van der Waals surface area contributed by atoms with Crippen LogP contribution in [0.1, 0.15) is 29.8 Å². The molecule has 0 heterocycles. The van der Waals surface area contributed by atoms with E-state index in [2.05, 4.69) is 5.43 Å². The third-order valence-corrected chi connectivity index (χ3v) is 2.41. The van der Waals surface area contributed by atoms with Crippen molar-refractivity contribution in [2.45, 2.75) is 26.6 Å². The van der Waals surface area contributed by atoms with Gasteiger partial charge in [-0.1, -0.05) is 12.1 Å². The van der Waals surface area contributed by atoms with Crippen LogP contribution in [-0.2, 0) is 16.1 Å². The summed E-state index contributed by atoms with van der Waals surface area (Å²) in [4.78, 5) is 11.3. The summed E-state index contributed by atoms with van der Waals surface area (Å²) >= 11 is 0. The second-order valence-electron chi connectivity index (χ2n) is 3.95. The van der Waals surface area contributed by atoms with Gasteiger partial charge in [0.05, 0.1) is 19.3 Å². The highest BCUT2D eigenvalue weighted by atomic mass is 16.5. The average molecular weight is 252 g/mol. The zero-order valence-corrected chi connectivity index (χ0v) is 10.8. The fraction of sp³-hybridized carbons (Fsp3) is 0.462. The van der Waals surface area contributed by atoms with Crippen molar-refractivity contribution in [1.29, 1.82) is 0 Å². The molecule has 1 rings (SSSR count). The molecule has 0 aliphatic heterocycles. The Morgan fingerprint density at radius 1 is 1.50 bits per heavy atom. The third kappa shape index (κ3) is 4.83. The highest BCUT2D eigenvalue weighted by Gasteiger charge is 2.06. The fourth-order valence-corrected chi connectivity index (χ4v) is 1.46. The van der Waals surface area contributed by atoms with Crippen molar-refractivity contribution in [3.05, 3.63) is 35.4 Å². The van der Waals surface area contributed by atoms with Crippen molar-refractivity contribution >= 4 is 5.91 Å². The van der Waals surface area contributed by atoms with Gasteiger partial charge in [-0.15, -0.1) is 0 Å². The number of carbonyl (C=O) groups is 1. The van der Waals surface area contributed by atoms with Gasteiger partial charge in [0.15, 0.2) is 0 Å². The van der Waals surface area contributed by atoms with Crippen LogP contribution in [0.15, 0.2) is 24.3 Å². The van der Waals surface area contributed by atoms with Gasteiger partial charge in [0, 0.05) is 12.2 Å². The molecule has 5 nitrogen and oxygen atoms in total.